The van der Waals surface area contributed by atoms with Gasteiger partial charge < -0.3 is 4.42 Å². The molecule has 2 atom stereocenters. The highest BCUT2D eigenvalue weighted by molar-refractivity contribution is 7.89. The standard InChI is InChI=1S/C19H24N4O5S/c1-4-22(5-2)29(26,27)19-11-14(23(24)25)6-8-17(19)21-20-12-15-7-9-18(28-15)16-10-13(16)3/h6-9,11-13,16,21H,4-5,10H2,1-3H3/b20-12-/t13-,16-/m0/s1. The number of furan rings is 1. The number of rotatable bonds is 9. The summed E-state index contributed by atoms with van der Waals surface area (Å²) in [5.74, 6) is 2.53. The largest absolute Gasteiger partial charge is 0.460 e. The molecule has 2 aromatic rings. The van der Waals surface area contributed by atoms with Crippen molar-refractivity contribution in [1.29, 1.82) is 0 Å². The average Bonchev–Trinajstić information content (AvgIpc) is 3.23. The first kappa shape index (κ1) is 21.0. The van der Waals surface area contributed by atoms with Gasteiger partial charge in [0.15, 0.2) is 0 Å². The number of nitro groups is 1. The van der Waals surface area contributed by atoms with E-state index in [1.165, 1.54) is 22.7 Å². The second-order valence-corrected chi connectivity index (χ2v) is 8.86. The number of nitrogens with zero attached hydrogens (tertiary/aromatic N) is 3. The summed E-state index contributed by atoms with van der Waals surface area (Å²) in [6, 6.07) is 7.33. The normalized spacial score (nSPS) is 19.0. The topological polar surface area (TPSA) is 118 Å². The van der Waals surface area contributed by atoms with E-state index in [1.807, 2.05) is 6.07 Å². The number of hydrogen-bond donors (Lipinski definition) is 1. The van der Waals surface area contributed by atoms with Crippen molar-refractivity contribution in [2.24, 2.45) is 11.0 Å². The van der Waals surface area contributed by atoms with Crippen LogP contribution < -0.4 is 5.43 Å². The predicted molar refractivity (Wildman–Crippen MR) is 110 cm³/mol. The van der Waals surface area contributed by atoms with Crippen LogP contribution >= 0.6 is 0 Å². The maximum atomic E-state index is 12.9. The van der Waals surface area contributed by atoms with Crippen LogP contribution in [-0.4, -0.2) is 37.0 Å². The van der Waals surface area contributed by atoms with Gasteiger partial charge in [0.25, 0.3) is 5.69 Å². The third-order valence-corrected chi connectivity index (χ3v) is 7.09. The van der Waals surface area contributed by atoms with Gasteiger partial charge in [-0.25, -0.2) is 8.42 Å². The molecule has 0 aliphatic heterocycles. The summed E-state index contributed by atoms with van der Waals surface area (Å²) in [4.78, 5) is 10.3. The van der Waals surface area contributed by atoms with Crippen LogP contribution in [0.5, 0.6) is 0 Å². The van der Waals surface area contributed by atoms with Gasteiger partial charge in [-0.3, -0.25) is 15.5 Å². The Balaban J connectivity index is 1.86. The first-order chi connectivity index (χ1) is 13.8. The Morgan fingerprint density at radius 2 is 2.00 bits per heavy atom. The maximum absolute atomic E-state index is 12.9. The Morgan fingerprint density at radius 1 is 1.31 bits per heavy atom. The molecule has 1 aliphatic carbocycles. The summed E-state index contributed by atoms with van der Waals surface area (Å²) >= 11 is 0. The molecule has 9 nitrogen and oxygen atoms in total. The van der Waals surface area contributed by atoms with Crippen molar-refractivity contribution in [3.05, 3.63) is 52.0 Å². The van der Waals surface area contributed by atoms with Gasteiger partial charge in [0.05, 0.1) is 16.8 Å². The maximum Gasteiger partial charge on any atom is 0.270 e. The Bertz CT molecular complexity index is 1030. The predicted octanol–water partition coefficient (Wildman–Crippen LogP) is 3.79. The van der Waals surface area contributed by atoms with E-state index >= 15 is 0 Å². The minimum Gasteiger partial charge on any atom is -0.460 e. The van der Waals surface area contributed by atoms with E-state index in [1.54, 1.807) is 19.9 Å². The highest BCUT2D eigenvalue weighted by atomic mass is 32.2. The van der Waals surface area contributed by atoms with Crippen LogP contribution in [0.1, 0.15) is 44.6 Å². The van der Waals surface area contributed by atoms with Crippen molar-refractivity contribution < 1.29 is 17.8 Å². The van der Waals surface area contributed by atoms with Crippen molar-refractivity contribution in [2.45, 2.75) is 38.0 Å². The third-order valence-electron chi connectivity index (χ3n) is 5.00. The molecule has 0 saturated heterocycles. The van der Waals surface area contributed by atoms with Crippen LogP contribution in [0.4, 0.5) is 11.4 Å². The van der Waals surface area contributed by atoms with E-state index in [4.69, 9.17) is 4.42 Å². The minimum atomic E-state index is -3.92. The van der Waals surface area contributed by atoms with Crippen molar-refractivity contribution in [3.8, 4) is 0 Å². The van der Waals surface area contributed by atoms with Crippen molar-refractivity contribution in [3.63, 3.8) is 0 Å². The molecule has 1 aliphatic rings. The van der Waals surface area contributed by atoms with Gasteiger partial charge in [-0.15, -0.1) is 0 Å². The summed E-state index contributed by atoms with van der Waals surface area (Å²) < 4.78 is 32.8. The lowest BCUT2D eigenvalue weighted by Crippen LogP contribution is -2.31. The lowest BCUT2D eigenvalue weighted by molar-refractivity contribution is -0.385. The van der Waals surface area contributed by atoms with Gasteiger partial charge in [0, 0.05) is 31.1 Å². The summed E-state index contributed by atoms with van der Waals surface area (Å²) in [5.41, 5.74) is 2.53. The number of anilines is 1. The molecular weight excluding hydrogens is 396 g/mol. The second-order valence-electron chi connectivity index (χ2n) is 6.96. The molecule has 1 fully saturated rings. The molecule has 3 rings (SSSR count). The van der Waals surface area contributed by atoms with Gasteiger partial charge in [-0.2, -0.15) is 9.41 Å². The first-order valence-corrected chi connectivity index (χ1v) is 10.9. The Hall–Kier alpha value is -2.72. The van der Waals surface area contributed by atoms with Gasteiger partial charge >= 0.3 is 0 Å². The van der Waals surface area contributed by atoms with E-state index in [0.717, 1.165) is 18.2 Å². The molecule has 0 bridgehead atoms. The van der Waals surface area contributed by atoms with Crippen molar-refractivity contribution in [2.75, 3.05) is 18.5 Å². The zero-order chi connectivity index (χ0) is 21.2. The van der Waals surface area contributed by atoms with Gasteiger partial charge in [0.2, 0.25) is 10.0 Å². The third kappa shape index (κ3) is 4.48. The zero-order valence-corrected chi connectivity index (χ0v) is 17.3. The van der Waals surface area contributed by atoms with Gasteiger partial charge in [-0.05, 0) is 30.5 Å². The fraction of sp³-hybridized carbons (Fsp3) is 0.421. The van der Waals surface area contributed by atoms with Crippen molar-refractivity contribution >= 4 is 27.6 Å². The number of benzene rings is 1. The molecule has 0 unspecified atom stereocenters. The van der Waals surface area contributed by atoms with Gasteiger partial charge in [0.1, 0.15) is 16.4 Å². The number of non-ortho nitro benzene ring substituents is 1. The molecule has 1 heterocycles. The average molecular weight is 420 g/mol. The van der Waals surface area contributed by atoms with Crippen LogP contribution in [-0.2, 0) is 10.0 Å². The van der Waals surface area contributed by atoms with Crippen LogP contribution in [0.15, 0.2) is 44.7 Å². The highest BCUT2D eigenvalue weighted by Crippen LogP contribution is 2.47. The first-order valence-electron chi connectivity index (χ1n) is 9.45. The van der Waals surface area contributed by atoms with Crippen LogP contribution in [0, 0.1) is 16.0 Å². The van der Waals surface area contributed by atoms with Crippen LogP contribution in [0.25, 0.3) is 0 Å². The monoisotopic (exact) mass is 420 g/mol. The van der Waals surface area contributed by atoms with E-state index in [2.05, 4.69) is 17.5 Å². The van der Waals surface area contributed by atoms with Gasteiger partial charge in [-0.1, -0.05) is 20.8 Å². The quantitative estimate of drug-likeness (QED) is 0.375. The smallest absolute Gasteiger partial charge is 0.270 e. The van der Waals surface area contributed by atoms with Crippen LogP contribution in [0.2, 0.25) is 0 Å². The fourth-order valence-corrected chi connectivity index (χ4v) is 4.77. The summed E-state index contributed by atoms with van der Waals surface area (Å²) in [6.07, 6.45) is 2.56. The molecule has 0 radical (unpaired) electrons. The summed E-state index contributed by atoms with van der Waals surface area (Å²) in [7, 11) is -3.92. The molecule has 0 spiro atoms. The van der Waals surface area contributed by atoms with E-state index in [-0.39, 0.29) is 29.4 Å². The Morgan fingerprint density at radius 3 is 2.59 bits per heavy atom. The zero-order valence-electron chi connectivity index (χ0n) is 16.5. The second kappa shape index (κ2) is 8.34. The molecule has 156 valence electrons. The lowest BCUT2D eigenvalue weighted by atomic mass is 10.3. The SMILES string of the molecule is CCN(CC)S(=O)(=O)c1cc([N+](=O)[O-])ccc1N/N=C\c1ccc([C@H]2C[C@@H]2C)o1. The number of hydrazone groups is 1. The van der Waals surface area contributed by atoms with Crippen molar-refractivity contribution in [1.82, 2.24) is 4.31 Å². The Kier molecular flexibility index (Phi) is 6.04. The van der Waals surface area contributed by atoms with E-state index < -0.39 is 14.9 Å². The molecule has 10 heteroatoms. The number of sulfonamides is 1. The minimum absolute atomic E-state index is 0.154. The number of nitro benzene ring substituents is 1. The highest BCUT2D eigenvalue weighted by Gasteiger charge is 2.36. The van der Waals surface area contributed by atoms with E-state index in [9.17, 15) is 18.5 Å². The number of hydrogen-bond acceptors (Lipinski definition) is 7. The summed E-state index contributed by atoms with van der Waals surface area (Å²) in [5, 5.41) is 15.2. The molecule has 1 aromatic carbocycles. The molecule has 1 N–H and O–H groups in total. The molecular formula is C19H24N4O5S. The van der Waals surface area contributed by atoms with Crippen LogP contribution in [0.3, 0.4) is 0 Å². The van der Waals surface area contributed by atoms with E-state index in [0.29, 0.717) is 17.6 Å². The number of nitrogens with one attached hydrogen (secondary N) is 1. The molecule has 29 heavy (non-hydrogen) atoms. The molecule has 0 amide bonds. The molecule has 1 saturated carbocycles. The lowest BCUT2D eigenvalue weighted by Gasteiger charge is -2.20. The fourth-order valence-electron chi connectivity index (χ4n) is 3.15. The summed E-state index contributed by atoms with van der Waals surface area (Å²) in [6.45, 7) is 6.07. The Labute approximate surface area is 169 Å². The molecule has 1 aromatic heterocycles.